The molecule has 2 rings (SSSR count). The Balaban J connectivity index is 2.05. The van der Waals surface area contributed by atoms with Crippen molar-refractivity contribution in [2.24, 2.45) is 11.8 Å². The fraction of sp³-hybridized carbons (Fsp3) is 0.929. The number of nitrogens with zero attached hydrogens (tertiary/aromatic N) is 2. The Kier molecular flexibility index (Phi) is 5.27. The van der Waals surface area contributed by atoms with Crippen LogP contribution in [0.2, 0.25) is 0 Å². The summed E-state index contributed by atoms with van der Waals surface area (Å²) in [5.41, 5.74) is 0. The minimum atomic E-state index is -3.20. The molecular formula is C14H26N2O4S. The molecule has 2 fully saturated rings. The molecule has 0 bridgehead atoms. The molecule has 2 heterocycles. The van der Waals surface area contributed by atoms with Crippen LogP contribution in [-0.4, -0.2) is 68.7 Å². The van der Waals surface area contributed by atoms with Crippen molar-refractivity contribution in [2.45, 2.75) is 31.9 Å². The molecule has 0 spiro atoms. The highest BCUT2D eigenvalue weighted by molar-refractivity contribution is 7.90. The van der Waals surface area contributed by atoms with Gasteiger partial charge >= 0.3 is 0 Å². The first-order valence-electron chi connectivity index (χ1n) is 7.62. The second kappa shape index (κ2) is 6.62. The molecule has 2 aliphatic rings. The Morgan fingerprint density at radius 1 is 1.29 bits per heavy atom. The van der Waals surface area contributed by atoms with Gasteiger partial charge < -0.3 is 9.64 Å². The first-order chi connectivity index (χ1) is 9.86. The summed E-state index contributed by atoms with van der Waals surface area (Å²) in [5, 5.41) is -0.323. The third-order valence-corrected chi connectivity index (χ3v) is 6.75. The van der Waals surface area contributed by atoms with Gasteiger partial charge in [-0.25, -0.2) is 12.7 Å². The first kappa shape index (κ1) is 16.7. The molecule has 2 saturated heterocycles. The van der Waals surface area contributed by atoms with E-state index in [1.54, 1.807) is 9.21 Å². The molecule has 0 radical (unpaired) electrons. The molecule has 0 unspecified atom stereocenters. The zero-order chi connectivity index (χ0) is 15.6. The van der Waals surface area contributed by atoms with Gasteiger partial charge in [-0.1, -0.05) is 13.8 Å². The molecule has 2 atom stereocenters. The van der Waals surface area contributed by atoms with Crippen molar-refractivity contribution in [3.63, 3.8) is 0 Å². The fourth-order valence-corrected chi connectivity index (χ4v) is 5.75. The van der Waals surface area contributed by atoms with Gasteiger partial charge in [0.05, 0.1) is 5.25 Å². The minimum Gasteiger partial charge on any atom is -0.375 e. The summed E-state index contributed by atoms with van der Waals surface area (Å²) in [6.45, 7) is 6.50. The second-order valence-corrected chi connectivity index (χ2v) is 8.60. The highest BCUT2D eigenvalue weighted by atomic mass is 32.2. The maximum Gasteiger partial charge on any atom is 0.248 e. The normalized spacial score (nSPS) is 29.4. The van der Waals surface area contributed by atoms with Crippen molar-refractivity contribution in [1.82, 2.24) is 9.21 Å². The lowest BCUT2D eigenvalue weighted by atomic mass is 10.0. The summed E-state index contributed by atoms with van der Waals surface area (Å²) in [6, 6.07) is 0. The topological polar surface area (TPSA) is 66.9 Å². The lowest BCUT2D eigenvalue weighted by molar-refractivity contribution is -0.135. The molecule has 1 amide bonds. The fourth-order valence-electron chi connectivity index (χ4n) is 3.35. The number of carbonyl (C=O) groups is 1. The summed E-state index contributed by atoms with van der Waals surface area (Å²) in [6.07, 6.45) is 1.30. The molecule has 21 heavy (non-hydrogen) atoms. The average Bonchev–Trinajstić information content (AvgIpc) is 2.55. The number of carbonyl (C=O) groups excluding carboxylic acids is 1. The number of likely N-dealkylation sites (tertiary alicyclic amines) is 1. The Morgan fingerprint density at radius 3 is 2.57 bits per heavy atom. The minimum absolute atomic E-state index is 0.0473. The zero-order valence-electron chi connectivity index (χ0n) is 13.1. The van der Waals surface area contributed by atoms with Crippen LogP contribution >= 0.6 is 0 Å². The summed E-state index contributed by atoms with van der Waals surface area (Å²) < 4.78 is 31.8. The Bertz CT molecular complexity index is 477. The highest BCUT2D eigenvalue weighted by Crippen LogP contribution is 2.34. The maximum absolute atomic E-state index is 12.6. The van der Waals surface area contributed by atoms with Crippen LogP contribution in [0.1, 0.15) is 26.7 Å². The highest BCUT2D eigenvalue weighted by Gasteiger charge is 2.47. The first-order valence-corrected chi connectivity index (χ1v) is 9.12. The van der Waals surface area contributed by atoms with Crippen LogP contribution in [0, 0.1) is 11.8 Å². The molecule has 0 aromatic rings. The Labute approximate surface area is 127 Å². The van der Waals surface area contributed by atoms with E-state index in [2.05, 4.69) is 0 Å². The monoisotopic (exact) mass is 318 g/mol. The maximum atomic E-state index is 12.6. The zero-order valence-corrected chi connectivity index (χ0v) is 13.9. The molecule has 0 aromatic heterocycles. The summed E-state index contributed by atoms with van der Waals surface area (Å²) in [7, 11) is -1.70. The number of sulfonamides is 1. The van der Waals surface area contributed by atoms with E-state index in [9.17, 15) is 13.2 Å². The number of hydrogen-bond acceptors (Lipinski definition) is 4. The predicted molar refractivity (Wildman–Crippen MR) is 80.3 cm³/mol. The van der Waals surface area contributed by atoms with E-state index in [4.69, 9.17) is 4.74 Å². The molecule has 0 N–H and O–H groups in total. The number of amides is 1. The smallest absolute Gasteiger partial charge is 0.248 e. The molecule has 6 nitrogen and oxygen atoms in total. The lowest BCUT2D eigenvalue weighted by Crippen LogP contribution is -2.37. The third-order valence-electron chi connectivity index (χ3n) is 4.35. The van der Waals surface area contributed by atoms with E-state index in [1.165, 1.54) is 7.11 Å². The molecule has 0 aliphatic carbocycles. The van der Waals surface area contributed by atoms with Crippen LogP contribution in [0.25, 0.3) is 0 Å². The summed E-state index contributed by atoms with van der Waals surface area (Å²) in [4.78, 5) is 13.6. The quantitative estimate of drug-likeness (QED) is 0.759. The van der Waals surface area contributed by atoms with Crippen molar-refractivity contribution in [2.75, 3.05) is 39.9 Å². The van der Waals surface area contributed by atoms with Gasteiger partial charge in [-0.3, -0.25) is 4.79 Å². The lowest BCUT2D eigenvalue weighted by Gasteiger charge is -2.22. The number of ether oxygens (including phenoxy) is 1. The van der Waals surface area contributed by atoms with Gasteiger partial charge in [0.15, 0.2) is 0 Å². The van der Waals surface area contributed by atoms with Gasteiger partial charge in [0, 0.05) is 33.3 Å². The van der Waals surface area contributed by atoms with Gasteiger partial charge in [0.1, 0.15) is 6.61 Å². The number of rotatable bonds is 4. The molecule has 0 aromatic carbocycles. The van der Waals surface area contributed by atoms with Crippen LogP contribution in [0.5, 0.6) is 0 Å². The van der Waals surface area contributed by atoms with Crippen molar-refractivity contribution >= 4 is 15.9 Å². The van der Waals surface area contributed by atoms with E-state index in [1.807, 2.05) is 13.8 Å². The van der Waals surface area contributed by atoms with E-state index in [0.29, 0.717) is 38.5 Å². The van der Waals surface area contributed by atoms with Crippen molar-refractivity contribution in [3.8, 4) is 0 Å². The van der Waals surface area contributed by atoms with E-state index in [0.717, 1.165) is 6.42 Å². The van der Waals surface area contributed by atoms with Crippen molar-refractivity contribution < 1.29 is 17.9 Å². The predicted octanol–water partition coefficient (Wildman–Crippen LogP) is 0.541. The van der Waals surface area contributed by atoms with Crippen LogP contribution in [-0.2, 0) is 19.6 Å². The van der Waals surface area contributed by atoms with E-state index >= 15 is 0 Å². The van der Waals surface area contributed by atoms with E-state index in [-0.39, 0.29) is 23.7 Å². The van der Waals surface area contributed by atoms with Gasteiger partial charge in [0.25, 0.3) is 0 Å². The van der Waals surface area contributed by atoms with Gasteiger partial charge in [-0.2, -0.15) is 0 Å². The Hall–Kier alpha value is -0.660. The van der Waals surface area contributed by atoms with E-state index < -0.39 is 10.0 Å². The number of methoxy groups -OCH3 is 1. The standard InChI is InChI=1S/C14H26N2O4S/c1-11(2)8-16-9-12-4-6-15(14(17)10-20-3)7-5-13(12)21(16,18)19/h11-13H,4-10H2,1-3H3/t12-,13-/m0/s1. The van der Waals surface area contributed by atoms with Crippen LogP contribution in [0.15, 0.2) is 0 Å². The largest absolute Gasteiger partial charge is 0.375 e. The van der Waals surface area contributed by atoms with Gasteiger partial charge in [-0.05, 0) is 24.7 Å². The third kappa shape index (κ3) is 3.57. The molecule has 122 valence electrons. The molecular weight excluding hydrogens is 292 g/mol. The summed E-state index contributed by atoms with van der Waals surface area (Å²) in [5.74, 6) is 0.435. The summed E-state index contributed by atoms with van der Waals surface area (Å²) >= 11 is 0. The SMILES string of the molecule is COCC(=O)N1CC[C@H]2CN(CC(C)C)S(=O)(=O)[C@H]2CC1. The number of fused-ring (bicyclic) bond motifs is 1. The van der Waals surface area contributed by atoms with Gasteiger partial charge in [-0.15, -0.1) is 0 Å². The van der Waals surface area contributed by atoms with Crippen LogP contribution < -0.4 is 0 Å². The Morgan fingerprint density at radius 2 is 1.95 bits per heavy atom. The molecule has 0 saturated carbocycles. The van der Waals surface area contributed by atoms with Gasteiger partial charge in [0.2, 0.25) is 15.9 Å². The number of hydrogen-bond donors (Lipinski definition) is 0. The average molecular weight is 318 g/mol. The van der Waals surface area contributed by atoms with Crippen LogP contribution in [0.4, 0.5) is 0 Å². The van der Waals surface area contributed by atoms with Crippen molar-refractivity contribution in [1.29, 1.82) is 0 Å². The second-order valence-electron chi connectivity index (χ2n) is 6.45. The molecule has 2 aliphatic heterocycles. The van der Waals surface area contributed by atoms with Crippen molar-refractivity contribution in [3.05, 3.63) is 0 Å². The molecule has 7 heteroatoms. The van der Waals surface area contributed by atoms with Crippen LogP contribution in [0.3, 0.4) is 0 Å².